The zero-order valence-electron chi connectivity index (χ0n) is 22.8. The smallest absolute Gasteiger partial charge is 0.410 e. The number of carbonyl (C=O) groups excluding carboxylic acids is 2. The fraction of sp³-hybridized carbons (Fsp3) is 0.517. The van der Waals surface area contributed by atoms with Gasteiger partial charge in [0.2, 0.25) is 0 Å². The summed E-state index contributed by atoms with van der Waals surface area (Å²) in [5, 5.41) is 2.89. The van der Waals surface area contributed by atoms with Crippen LogP contribution in [-0.4, -0.2) is 59.4 Å². The van der Waals surface area contributed by atoms with Gasteiger partial charge in [0.15, 0.2) is 0 Å². The van der Waals surface area contributed by atoms with Crippen LogP contribution in [0.25, 0.3) is 11.1 Å². The largest absolute Gasteiger partial charge is 0.444 e. The summed E-state index contributed by atoms with van der Waals surface area (Å²) in [6, 6.07) is 16.7. The van der Waals surface area contributed by atoms with Crippen LogP contribution in [0.5, 0.6) is 0 Å². The third-order valence-corrected chi connectivity index (χ3v) is 5.83. The zero-order valence-corrected chi connectivity index (χ0v) is 22.8. The van der Waals surface area contributed by atoms with E-state index in [1.165, 1.54) is 5.56 Å². The lowest BCUT2D eigenvalue weighted by atomic mass is 9.99. The molecule has 1 aliphatic rings. The van der Waals surface area contributed by atoms with Gasteiger partial charge in [0, 0.05) is 32.7 Å². The van der Waals surface area contributed by atoms with E-state index in [1.807, 2.05) is 60.6 Å². The Labute approximate surface area is 215 Å². The summed E-state index contributed by atoms with van der Waals surface area (Å²) in [7, 11) is 0. The van der Waals surface area contributed by atoms with E-state index in [1.54, 1.807) is 4.90 Å². The van der Waals surface area contributed by atoms with E-state index in [2.05, 4.69) is 46.6 Å². The van der Waals surface area contributed by atoms with E-state index in [-0.39, 0.29) is 12.1 Å². The monoisotopic (exact) mass is 495 g/mol. The highest BCUT2D eigenvalue weighted by molar-refractivity contribution is 5.69. The standard InChI is InChI=1S/C29H41N3O4/c1-21(30-26(33)35-28(2,3)4)23-11-13-24(14-12-23)25-10-8-9-22(19-25)20-31-15-17-32(18-16-31)27(34)36-29(5,6)7/h8-14,19,21H,15-18,20H2,1-7H3,(H,30,33)/t21-/m1/s1. The van der Waals surface area contributed by atoms with Crippen LogP contribution in [0.2, 0.25) is 0 Å². The average molecular weight is 496 g/mol. The van der Waals surface area contributed by atoms with E-state index >= 15 is 0 Å². The van der Waals surface area contributed by atoms with Gasteiger partial charge in [0.05, 0.1) is 6.04 Å². The van der Waals surface area contributed by atoms with E-state index in [4.69, 9.17) is 9.47 Å². The summed E-state index contributed by atoms with van der Waals surface area (Å²) in [6.45, 7) is 17.0. The van der Waals surface area contributed by atoms with E-state index in [0.29, 0.717) is 13.1 Å². The van der Waals surface area contributed by atoms with Crippen molar-refractivity contribution in [1.82, 2.24) is 15.1 Å². The van der Waals surface area contributed by atoms with Gasteiger partial charge in [-0.15, -0.1) is 0 Å². The number of amides is 2. The van der Waals surface area contributed by atoms with Crippen molar-refractivity contribution in [3.63, 3.8) is 0 Å². The first-order valence-electron chi connectivity index (χ1n) is 12.7. The third kappa shape index (κ3) is 8.55. The Hall–Kier alpha value is -3.06. The SMILES string of the molecule is C[C@@H](NC(=O)OC(C)(C)C)c1ccc(-c2cccc(CN3CCN(C(=O)OC(C)(C)C)CC3)c2)cc1. The highest BCUT2D eigenvalue weighted by atomic mass is 16.6. The fourth-order valence-corrected chi connectivity index (χ4v) is 4.05. The quantitative estimate of drug-likeness (QED) is 0.552. The van der Waals surface area contributed by atoms with Gasteiger partial charge in [-0.2, -0.15) is 0 Å². The fourth-order valence-electron chi connectivity index (χ4n) is 4.05. The Balaban J connectivity index is 1.56. The molecule has 1 aliphatic heterocycles. The Morgan fingerprint density at radius 3 is 2.06 bits per heavy atom. The van der Waals surface area contributed by atoms with Crippen LogP contribution in [0, 0.1) is 0 Å². The minimum Gasteiger partial charge on any atom is -0.444 e. The van der Waals surface area contributed by atoms with Gasteiger partial charge < -0.3 is 19.7 Å². The molecule has 196 valence electrons. The number of alkyl carbamates (subject to hydrolysis) is 1. The minimum atomic E-state index is -0.523. The lowest BCUT2D eigenvalue weighted by Gasteiger charge is -2.35. The van der Waals surface area contributed by atoms with Crippen LogP contribution in [0.15, 0.2) is 48.5 Å². The Morgan fingerprint density at radius 1 is 0.861 bits per heavy atom. The molecule has 36 heavy (non-hydrogen) atoms. The van der Waals surface area contributed by atoms with Gasteiger partial charge in [0.1, 0.15) is 11.2 Å². The van der Waals surface area contributed by atoms with Crippen LogP contribution < -0.4 is 5.32 Å². The lowest BCUT2D eigenvalue weighted by Crippen LogP contribution is -2.49. The molecule has 2 aromatic rings. The topological polar surface area (TPSA) is 71.1 Å². The normalized spacial score (nSPS) is 15.8. The van der Waals surface area contributed by atoms with Crippen molar-refractivity contribution in [3.8, 4) is 11.1 Å². The van der Waals surface area contributed by atoms with Crippen LogP contribution >= 0.6 is 0 Å². The van der Waals surface area contributed by atoms with E-state index < -0.39 is 17.3 Å². The first-order valence-corrected chi connectivity index (χ1v) is 12.7. The van der Waals surface area contributed by atoms with Gasteiger partial charge in [-0.05, 0) is 76.8 Å². The Bertz CT molecular complexity index is 1030. The lowest BCUT2D eigenvalue weighted by molar-refractivity contribution is 0.0138. The average Bonchev–Trinajstić information content (AvgIpc) is 2.77. The second kappa shape index (κ2) is 11.3. The second-order valence-electron chi connectivity index (χ2n) is 11.4. The molecular formula is C29H41N3O4. The maximum Gasteiger partial charge on any atom is 0.410 e. The third-order valence-electron chi connectivity index (χ3n) is 5.83. The molecule has 0 bridgehead atoms. The van der Waals surface area contributed by atoms with Gasteiger partial charge in [0.25, 0.3) is 0 Å². The number of rotatable bonds is 5. The van der Waals surface area contributed by atoms with Gasteiger partial charge in [-0.25, -0.2) is 9.59 Å². The number of ether oxygens (including phenoxy) is 2. The van der Waals surface area contributed by atoms with E-state index in [9.17, 15) is 9.59 Å². The van der Waals surface area contributed by atoms with Crippen molar-refractivity contribution in [1.29, 1.82) is 0 Å². The maximum absolute atomic E-state index is 12.3. The van der Waals surface area contributed by atoms with Crippen molar-refractivity contribution in [3.05, 3.63) is 59.7 Å². The van der Waals surface area contributed by atoms with Crippen molar-refractivity contribution in [2.24, 2.45) is 0 Å². The molecule has 1 heterocycles. The number of hydrogen-bond donors (Lipinski definition) is 1. The molecule has 3 rings (SSSR count). The first-order chi connectivity index (χ1) is 16.8. The molecule has 7 nitrogen and oxygen atoms in total. The molecule has 1 atom stereocenters. The summed E-state index contributed by atoms with van der Waals surface area (Å²) in [4.78, 5) is 28.5. The van der Waals surface area contributed by atoms with Crippen LogP contribution in [0.1, 0.15) is 65.6 Å². The molecule has 7 heteroatoms. The molecular weight excluding hydrogens is 454 g/mol. The summed E-state index contributed by atoms with van der Waals surface area (Å²) in [6.07, 6.45) is -0.651. The minimum absolute atomic E-state index is 0.153. The zero-order chi connectivity index (χ0) is 26.5. The molecule has 0 unspecified atom stereocenters. The predicted octanol–water partition coefficient (Wildman–Crippen LogP) is 5.99. The maximum atomic E-state index is 12.3. The van der Waals surface area contributed by atoms with Crippen molar-refractivity contribution < 1.29 is 19.1 Å². The summed E-state index contributed by atoms with van der Waals surface area (Å²) in [5.74, 6) is 0. The number of carbonyl (C=O) groups is 2. The molecule has 0 aromatic heterocycles. The molecule has 1 fully saturated rings. The highest BCUT2D eigenvalue weighted by Gasteiger charge is 2.26. The van der Waals surface area contributed by atoms with Crippen molar-refractivity contribution >= 4 is 12.2 Å². The van der Waals surface area contributed by atoms with Crippen LogP contribution in [0.3, 0.4) is 0 Å². The highest BCUT2D eigenvalue weighted by Crippen LogP contribution is 2.24. The molecule has 0 radical (unpaired) electrons. The summed E-state index contributed by atoms with van der Waals surface area (Å²) >= 11 is 0. The van der Waals surface area contributed by atoms with Gasteiger partial charge in [-0.3, -0.25) is 4.90 Å². The molecule has 0 spiro atoms. The van der Waals surface area contributed by atoms with Gasteiger partial charge >= 0.3 is 12.2 Å². The first kappa shape index (κ1) is 27.5. The predicted molar refractivity (Wildman–Crippen MR) is 143 cm³/mol. The van der Waals surface area contributed by atoms with Crippen molar-refractivity contribution in [2.75, 3.05) is 26.2 Å². The van der Waals surface area contributed by atoms with Crippen LogP contribution in [0.4, 0.5) is 9.59 Å². The molecule has 1 N–H and O–H groups in total. The van der Waals surface area contributed by atoms with E-state index in [0.717, 1.165) is 36.3 Å². The molecule has 2 amide bonds. The molecule has 2 aromatic carbocycles. The number of nitrogens with one attached hydrogen (secondary N) is 1. The molecule has 0 aliphatic carbocycles. The van der Waals surface area contributed by atoms with Gasteiger partial charge in [-0.1, -0.05) is 42.5 Å². The number of nitrogens with zero attached hydrogens (tertiary/aromatic N) is 2. The summed E-state index contributed by atoms with van der Waals surface area (Å²) < 4.78 is 10.9. The molecule has 1 saturated heterocycles. The number of benzene rings is 2. The Kier molecular flexibility index (Phi) is 8.67. The van der Waals surface area contributed by atoms with Crippen molar-refractivity contribution in [2.45, 2.75) is 72.3 Å². The van der Waals surface area contributed by atoms with Crippen LogP contribution in [-0.2, 0) is 16.0 Å². The molecule has 0 saturated carbocycles. The number of hydrogen-bond acceptors (Lipinski definition) is 5. The Morgan fingerprint density at radius 2 is 1.47 bits per heavy atom. The number of piperazine rings is 1. The second-order valence-corrected chi connectivity index (χ2v) is 11.4. The summed E-state index contributed by atoms with van der Waals surface area (Å²) in [5.41, 5.74) is 3.54.